The average molecular weight is 631 g/mol. The monoisotopic (exact) mass is 630 g/mol. The zero-order valence-electron chi connectivity index (χ0n) is 25.9. The Morgan fingerprint density at radius 2 is 1.36 bits per heavy atom. The van der Waals surface area contributed by atoms with Crippen LogP contribution in [0.5, 0.6) is 5.75 Å². The number of ether oxygens (including phenoxy) is 5. The molecule has 0 radical (unpaired) electrons. The number of esters is 4. The van der Waals surface area contributed by atoms with Crippen LogP contribution in [0, 0.1) is 0 Å². The van der Waals surface area contributed by atoms with E-state index < -0.39 is 69.0 Å². The summed E-state index contributed by atoms with van der Waals surface area (Å²) in [5, 5.41) is 12.5. The molecule has 2 rings (SSSR count). The van der Waals surface area contributed by atoms with Crippen molar-refractivity contribution < 1.29 is 52.4 Å². The van der Waals surface area contributed by atoms with Crippen molar-refractivity contribution in [1.82, 2.24) is 0 Å². The van der Waals surface area contributed by atoms with Crippen LogP contribution in [0.4, 0.5) is 0 Å². The number of carbonyl (C=O) groups is 4. The molecular weight excluding hydrogens is 588 g/mol. The topological polar surface area (TPSA) is 144 Å². The fourth-order valence-electron chi connectivity index (χ4n) is 5.86. The van der Waals surface area contributed by atoms with Gasteiger partial charge in [0.2, 0.25) is 11.9 Å². The molecule has 236 valence electrons. The quantitative estimate of drug-likeness (QED) is 0.205. The Hall–Kier alpha value is -2.67. The molecule has 1 N–H and O–H groups in total. The second-order valence-electron chi connectivity index (χ2n) is 11.4. The summed E-state index contributed by atoms with van der Waals surface area (Å²) >= 11 is 6.62. The van der Waals surface area contributed by atoms with Crippen molar-refractivity contribution in [3.05, 3.63) is 28.8 Å². The first-order valence-electron chi connectivity index (χ1n) is 13.9. The van der Waals surface area contributed by atoms with Crippen LogP contribution in [0.25, 0.3) is 0 Å². The molecule has 0 bridgehead atoms. The molecular formula is C29H43ClO11Si. The Labute approximate surface area is 253 Å². The number of carbonyl (C=O) groups excluding carboxylic acids is 4. The number of hydrogen-bond acceptors (Lipinski definition) is 11. The van der Waals surface area contributed by atoms with Crippen LogP contribution in [0.15, 0.2) is 18.2 Å². The van der Waals surface area contributed by atoms with E-state index in [-0.39, 0.29) is 27.2 Å². The van der Waals surface area contributed by atoms with Gasteiger partial charge in [0.25, 0.3) is 8.32 Å². The molecule has 0 amide bonds. The minimum atomic E-state index is -2.52. The van der Waals surface area contributed by atoms with E-state index in [0.717, 1.165) is 27.7 Å². The van der Waals surface area contributed by atoms with Crippen molar-refractivity contribution in [2.45, 2.75) is 116 Å². The second kappa shape index (κ2) is 14.2. The molecule has 42 heavy (non-hydrogen) atoms. The highest BCUT2D eigenvalue weighted by atomic mass is 35.5. The number of aliphatic hydroxyl groups is 1. The Kier molecular flexibility index (Phi) is 12.0. The smallest absolute Gasteiger partial charge is 0.303 e. The number of halogens is 1. The Balaban J connectivity index is 2.79. The third-order valence-corrected chi connectivity index (χ3v) is 13.7. The Morgan fingerprint density at radius 3 is 1.81 bits per heavy atom. The van der Waals surface area contributed by atoms with Crippen molar-refractivity contribution in [3.63, 3.8) is 0 Å². The summed E-state index contributed by atoms with van der Waals surface area (Å²) in [5.41, 5.74) is 0.654. The van der Waals surface area contributed by atoms with Crippen molar-refractivity contribution in [1.29, 1.82) is 0 Å². The van der Waals surface area contributed by atoms with E-state index in [4.69, 9.17) is 39.7 Å². The van der Waals surface area contributed by atoms with Crippen molar-refractivity contribution in [2.24, 2.45) is 0 Å². The summed E-state index contributed by atoms with van der Waals surface area (Å²) < 4.78 is 34.3. The lowest BCUT2D eigenvalue weighted by Gasteiger charge is -2.49. The molecule has 1 unspecified atom stereocenters. The maximum atomic E-state index is 12.3. The minimum absolute atomic E-state index is 0.0542. The first-order valence-corrected chi connectivity index (χ1v) is 16.4. The predicted molar refractivity (Wildman–Crippen MR) is 155 cm³/mol. The van der Waals surface area contributed by atoms with E-state index in [0.29, 0.717) is 5.75 Å². The lowest BCUT2D eigenvalue weighted by molar-refractivity contribution is -0.360. The summed E-state index contributed by atoms with van der Waals surface area (Å²) in [5.74, 6) is -5.30. The molecule has 1 aromatic carbocycles. The summed E-state index contributed by atoms with van der Waals surface area (Å²) in [6, 6.07) is 4.46. The van der Waals surface area contributed by atoms with E-state index in [1.54, 1.807) is 0 Å². The molecule has 0 saturated carbocycles. The van der Waals surface area contributed by atoms with Gasteiger partial charge in [0.1, 0.15) is 18.5 Å². The maximum absolute atomic E-state index is 12.3. The van der Waals surface area contributed by atoms with Gasteiger partial charge in [0.05, 0.1) is 5.02 Å². The van der Waals surface area contributed by atoms with E-state index in [2.05, 4.69) is 41.5 Å². The largest absolute Gasteiger partial charge is 0.542 e. The highest BCUT2D eigenvalue weighted by Crippen LogP contribution is 2.47. The van der Waals surface area contributed by atoms with E-state index >= 15 is 0 Å². The van der Waals surface area contributed by atoms with Gasteiger partial charge in [0.15, 0.2) is 12.2 Å². The Morgan fingerprint density at radius 1 is 0.857 bits per heavy atom. The summed E-state index contributed by atoms with van der Waals surface area (Å²) in [7, 11) is -2.52. The second-order valence-corrected chi connectivity index (χ2v) is 17.2. The van der Waals surface area contributed by atoms with Crippen molar-refractivity contribution in [2.75, 3.05) is 6.61 Å². The summed E-state index contributed by atoms with van der Waals surface area (Å²) in [6.45, 7) is 16.6. The van der Waals surface area contributed by atoms with Crippen LogP contribution in [0.2, 0.25) is 21.6 Å². The number of rotatable bonds is 11. The highest BCUT2D eigenvalue weighted by Gasteiger charge is 2.60. The predicted octanol–water partition coefficient (Wildman–Crippen LogP) is 4.80. The molecule has 1 aliphatic rings. The molecule has 1 saturated heterocycles. The number of benzene rings is 1. The molecule has 5 atom stereocenters. The maximum Gasteiger partial charge on any atom is 0.303 e. The fraction of sp³-hybridized carbons (Fsp3) is 0.655. The molecule has 13 heteroatoms. The van der Waals surface area contributed by atoms with Gasteiger partial charge in [-0.2, -0.15) is 0 Å². The van der Waals surface area contributed by atoms with E-state index in [9.17, 15) is 24.3 Å². The van der Waals surface area contributed by atoms with Crippen molar-refractivity contribution >= 4 is 43.8 Å². The molecule has 1 aromatic rings. The third-order valence-electron chi connectivity index (χ3n) is 7.39. The van der Waals surface area contributed by atoms with Gasteiger partial charge in [-0.15, -0.1) is 0 Å². The standard InChI is InChI=1S/C29H43ClO11Si/c1-15(2)42(16(3)4,17(5)6)41-24-13-22(11-12-23(24)30)29(35)28(39-21(10)34)27(38-20(9)33)26(37-19(8)32)25(40-29)14-36-18(7)31/h11-13,15-17,25-28,35H,14H2,1-10H3/t25-,26-,27+,28-,29?/m1/s1. The van der Waals surface area contributed by atoms with Crippen LogP contribution < -0.4 is 4.43 Å². The molecule has 1 aliphatic heterocycles. The van der Waals surface area contributed by atoms with Crippen LogP contribution >= 0.6 is 11.6 Å². The zero-order chi connectivity index (χ0) is 32.2. The van der Waals surface area contributed by atoms with E-state index in [1.165, 1.54) is 18.2 Å². The Bertz CT molecular complexity index is 1130. The molecule has 0 spiro atoms. The summed E-state index contributed by atoms with van der Waals surface area (Å²) in [4.78, 5) is 48.2. The first kappa shape index (κ1) is 35.5. The van der Waals surface area contributed by atoms with Crippen LogP contribution in [-0.2, 0) is 48.6 Å². The van der Waals surface area contributed by atoms with Crippen molar-refractivity contribution in [3.8, 4) is 5.75 Å². The SMILES string of the molecule is CC(=O)OC[C@H]1OC(O)(c2ccc(Cl)c(O[Si](C(C)C)(C(C)C)C(C)C)c2)[C@H](OC(C)=O)[C@@H](OC(C)=O)[C@@H]1OC(C)=O. The number of hydrogen-bond donors (Lipinski definition) is 1. The molecule has 1 heterocycles. The molecule has 11 nitrogen and oxygen atoms in total. The van der Waals surface area contributed by atoms with Crippen LogP contribution in [0.3, 0.4) is 0 Å². The lowest BCUT2D eigenvalue weighted by atomic mass is 9.87. The minimum Gasteiger partial charge on any atom is -0.542 e. The van der Waals surface area contributed by atoms with Gasteiger partial charge in [-0.3, -0.25) is 19.2 Å². The van der Waals surface area contributed by atoms with Gasteiger partial charge >= 0.3 is 23.9 Å². The fourth-order valence-corrected chi connectivity index (χ4v) is 11.3. The lowest BCUT2D eigenvalue weighted by Crippen LogP contribution is -2.66. The third kappa shape index (κ3) is 7.83. The summed E-state index contributed by atoms with van der Waals surface area (Å²) in [6.07, 6.45) is -6.02. The molecule has 1 fully saturated rings. The van der Waals surface area contributed by atoms with Gasteiger partial charge in [-0.05, 0) is 28.8 Å². The van der Waals surface area contributed by atoms with E-state index in [1.807, 2.05) is 0 Å². The van der Waals surface area contributed by atoms with Gasteiger partial charge in [-0.1, -0.05) is 59.2 Å². The molecule has 0 aromatic heterocycles. The normalized spacial score (nSPS) is 24.4. The van der Waals surface area contributed by atoms with Crippen LogP contribution in [-0.4, -0.2) is 68.3 Å². The first-order chi connectivity index (χ1) is 19.4. The van der Waals surface area contributed by atoms with Gasteiger partial charge in [0, 0.05) is 33.3 Å². The molecule has 0 aliphatic carbocycles. The highest BCUT2D eigenvalue weighted by molar-refractivity contribution is 6.78. The van der Waals surface area contributed by atoms with Gasteiger partial charge < -0.3 is 33.2 Å². The van der Waals surface area contributed by atoms with Crippen LogP contribution in [0.1, 0.15) is 74.8 Å². The zero-order valence-corrected chi connectivity index (χ0v) is 27.6. The average Bonchev–Trinajstić information content (AvgIpc) is 2.84. The van der Waals surface area contributed by atoms with Gasteiger partial charge in [-0.25, -0.2) is 0 Å².